The van der Waals surface area contributed by atoms with E-state index in [9.17, 15) is 26.4 Å². The number of hydrogen-bond acceptors (Lipinski definition) is 6. The van der Waals surface area contributed by atoms with E-state index in [1.807, 2.05) is 19.6 Å². The van der Waals surface area contributed by atoms with Crippen LogP contribution in [0, 0.1) is 0 Å². The van der Waals surface area contributed by atoms with Crippen LogP contribution in [-0.2, 0) is 24.8 Å². The Labute approximate surface area is 253 Å². The average molecular weight is 642 g/mol. The van der Waals surface area contributed by atoms with Crippen molar-refractivity contribution < 1.29 is 35.6 Å². The largest absolute Gasteiger partial charge is 0.573 e. The molecule has 8 nitrogen and oxygen atoms in total. The van der Waals surface area contributed by atoms with Crippen molar-refractivity contribution >= 4 is 24.2 Å². The van der Waals surface area contributed by atoms with Gasteiger partial charge in [0.1, 0.15) is 5.75 Å². The maximum atomic E-state index is 13.9. The lowest BCUT2D eigenvalue weighted by Gasteiger charge is -2.41. The second-order valence-corrected chi connectivity index (χ2v) is 19.2. The molecule has 1 N–H and O–H groups in total. The first-order valence-corrected chi connectivity index (χ1v) is 19.5. The summed E-state index contributed by atoms with van der Waals surface area (Å²) in [5, 5.41) is 0. The number of ether oxygens (including phenoxy) is 1. The highest BCUT2D eigenvalue weighted by Crippen LogP contribution is 2.35. The molecule has 0 radical (unpaired) electrons. The summed E-state index contributed by atoms with van der Waals surface area (Å²) in [4.78, 5) is 15.6. The van der Waals surface area contributed by atoms with E-state index in [0.717, 1.165) is 31.5 Å². The van der Waals surface area contributed by atoms with Crippen molar-refractivity contribution in [1.29, 1.82) is 0 Å². The fourth-order valence-corrected chi connectivity index (χ4v) is 8.00. The molecule has 4 rings (SSSR count). The van der Waals surface area contributed by atoms with Gasteiger partial charge in [-0.15, -0.1) is 13.2 Å². The number of amides is 1. The van der Waals surface area contributed by atoms with Crippen LogP contribution in [0.15, 0.2) is 53.4 Å². The number of hydrogen-bond donors (Lipinski definition) is 1. The number of hydroxylamine groups is 1. The van der Waals surface area contributed by atoms with Gasteiger partial charge in [-0.05, 0) is 108 Å². The van der Waals surface area contributed by atoms with Crippen molar-refractivity contribution in [3.63, 3.8) is 0 Å². The Morgan fingerprint density at radius 1 is 0.907 bits per heavy atom. The summed E-state index contributed by atoms with van der Waals surface area (Å²) >= 11 is 0. The molecular weight excluding hydrogens is 599 g/mol. The third-order valence-corrected chi connectivity index (χ3v) is 10.9. The number of nitrogens with zero attached hydrogens (tertiary/aromatic N) is 2. The number of piperidine rings is 2. The van der Waals surface area contributed by atoms with Crippen molar-refractivity contribution in [3.8, 4) is 5.75 Å². The van der Waals surface area contributed by atoms with E-state index >= 15 is 0 Å². The first-order chi connectivity index (χ1) is 20.0. The molecule has 2 fully saturated rings. The van der Waals surface area contributed by atoms with E-state index in [2.05, 4.69) is 15.1 Å². The Bertz CT molecular complexity index is 1360. The molecule has 2 aromatic carbocycles. The van der Waals surface area contributed by atoms with Gasteiger partial charge >= 0.3 is 6.36 Å². The second kappa shape index (κ2) is 12.9. The maximum absolute atomic E-state index is 13.9. The summed E-state index contributed by atoms with van der Waals surface area (Å²) in [6, 6.07) is 13.1. The number of likely N-dealkylation sites (tertiary alicyclic amines) is 1. The highest BCUT2D eigenvalue weighted by molar-refractivity contribution is 7.89. The first kappa shape index (κ1) is 33.4. The van der Waals surface area contributed by atoms with E-state index < -0.39 is 36.0 Å². The highest BCUT2D eigenvalue weighted by atomic mass is 32.2. The van der Waals surface area contributed by atoms with E-state index in [-0.39, 0.29) is 22.6 Å². The quantitative estimate of drug-likeness (QED) is 0.276. The molecule has 43 heavy (non-hydrogen) atoms. The number of halogens is 3. The Kier molecular flexibility index (Phi) is 10.0. The first-order valence-electron chi connectivity index (χ1n) is 14.7. The van der Waals surface area contributed by atoms with Crippen LogP contribution in [0.2, 0.25) is 19.6 Å². The van der Waals surface area contributed by atoms with Gasteiger partial charge in [-0.25, -0.2) is 13.9 Å². The van der Waals surface area contributed by atoms with E-state index in [1.165, 1.54) is 16.4 Å². The molecule has 2 saturated heterocycles. The van der Waals surface area contributed by atoms with Gasteiger partial charge in [0.05, 0.1) is 10.3 Å². The van der Waals surface area contributed by atoms with Crippen LogP contribution in [0.1, 0.15) is 56.6 Å². The molecular formula is C30H42F3N3O5SSi. The summed E-state index contributed by atoms with van der Waals surface area (Å²) in [6.45, 7) is 11.7. The van der Waals surface area contributed by atoms with Gasteiger partial charge in [0.15, 0.2) is 0 Å². The van der Waals surface area contributed by atoms with Crippen LogP contribution in [0.4, 0.5) is 13.2 Å². The van der Waals surface area contributed by atoms with Crippen LogP contribution in [-0.4, -0.2) is 70.4 Å². The SMILES string of the molecule is CC(C)(C(=O)NO[Si](C)(C)C)c1ccccc1S(=O)(=O)N1CCC(N2CCC(c3ccc(OC(F)(F)F)cc3)CC2)CC1. The Hall–Kier alpha value is -2.45. The monoisotopic (exact) mass is 641 g/mol. The van der Waals surface area contributed by atoms with Gasteiger partial charge in [-0.2, -0.15) is 4.31 Å². The lowest BCUT2D eigenvalue weighted by Crippen LogP contribution is -2.49. The van der Waals surface area contributed by atoms with Gasteiger partial charge in [0, 0.05) is 19.1 Å². The summed E-state index contributed by atoms with van der Waals surface area (Å²) < 4.78 is 76.2. The third kappa shape index (κ3) is 8.38. The second-order valence-electron chi connectivity index (χ2n) is 12.8. The van der Waals surface area contributed by atoms with Crippen LogP contribution in [0.5, 0.6) is 5.75 Å². The van der Waals surface area contributed by atoms with Crippen molar-refractivity contribution in [2.45, 2.75) is 87.8 Å². The minimum absolute atomic E-state index is 0.133. The zero-order valence-corrected chi connectivity index (χ0v) is 27.2. The van der Waals surface area contributed by atoms with E-state index in [0.29, 0.717) is 31.5 Å². The fraction of sp³-hybridized carbons (Fsp3) is 0.567. The fourth-order valence-electron chi connectivity index (χ4n) is 5.78. The van der Waals surface area contributed by atoms with Gasteiger partial charge in [0.2, 0.25) is 18.3 Å². The molecule has 13 heteroatoms. The molecule has 0 bridgehead atoms. The van der Waals surface area contributed by atoms with Gasteiger partial charge < -0.3 is 14.2 Å². The highest BCUT2D eigenvalue weighted by Gasteiger charge is 2.39. The number of rotatable bonds is 9. The van der Waals surface area contributed by atoms with Crippen molar-refractivity contribution in [1.82, 2.24) is 14.7 Å². The zero-order valence-electron chi connectivity index (χ0n) is 25.4. The van der Waals surface area contributed by atoms with Gasteiger partial charge in [-0.1, -0.05) is 30.3 Å². The molecule has 1 amide bonds. The molecule has 0 spiro atoms. The predicted octanol–water partition coefficient (Wildman–Crippen LogP) is 5.78. The molecule has 0 aliphatic carbocycles. The Balaban J connectivity index is 1.35. The maximum Gasteiger partial charge on any atom is 0.573 e. The number of carbonyl (C=O) groups is 1. The topological polar surface area (TPSA) is 88.2 Å². The molecule has 0 saturated carbocycles. The molecule has 2 heterocycles. The summed E-state index contributed by atoms with van der Waals surface area (Å²) in [5.41, 5.74) is 2.83. The van der Waals surface area contributed by atoms with Crippen molar-refractivity contribution in [3.05, 3.63) is 59.7 Å². The number of carbonyl (C=O) groups excluding carboxylic acids is 1. The average Bonchev–Trinajstić information content (AvgIpc) is 2.95. The lowest BCUT2D eigenvalue weighted by atomic mass is 9.84. The molecule has 2 aliphatic heterocycles. The van der Waals surface area contributed by atoms with Crippen LogP contribution >= 0.6 is 0 Å². The Morgan fingerprint density at radius 2 is 1.49 bits per heavy atom. The molecule has 0 unspecified atom stereocenters. The minimum Gasteiger partial charge on any atom is -0.406 e. The van der Waals surface area contributed by atoms with Gasteiger partial charge in [0.25, 0.3) is 5.91 Å². The van der Waals surface area contributed by atoms with E-state index in [1.54, 1.807) is 50.2 Å². The lowest BCUT2D eigenvalue weighted by molar-refractivity contribution is -0.274. The Morgan fingerprint density at radius 3 is 2.05 bits per heavy atom. The number of sulfonamides is 1. The van der Waals surface area contributed by atoms with Crippen molar-refractivity contribution in [2.75, 3.05) is 26.2 Å². The smallest absolute Gasteiger partial charge is 0.406 e. The van der Waals surface area contributed by atoms with Crippen LogP contribution in [0.3, 0.4) is 0 Å². The normalized spacial score (nSPS) is 18.9. The molecule has 2 aromatic rings. The summed E-state index contributed by atoms with van der Waals surface area (Å²) in [6.07, 6.45) is -1.55. The van der Waals surface area contributed by atoms with Gasteiger partial charge in [-0.3, -0.25) is 4.79 Å². The van der Waals surface area contributed by atoms with Crippen LogP contribution in [0.25, 0.3) is 0 Å². The summed E-state index contributed by atoms with van der Waals surface area (Å²) in [5.74, 6) is -0.365. The molecule has 238 valence electrons. The van der Waals surface area contributed by atoms with Crippen molar-refractivity contribution in [2.24, 2.45) is 0 Å². The standard InChI is InChI=1S/C30H42F3N3O5SSi/c1-29(2,28(37)34-41-43(3,4)5)26-8-6-7-9-27(26)42(38,39)36-20-16-24(17-21-36)35-18-14-23(15-19-35)22-10-12-25(13-11-22)40-30(31,32)33/h6-13,23-24H,14-21H2,1-5H3,(H,34,37). The number of alkyl halides is 3. The van der Waals surface area contributed by atoms with Crippen LogP contribution < -0.4 is 10.2 Å². The predicted molar refractivity (Wildman–Crippen MR) is 160 cm³/mol. The summed E-state index contributed by atoms with van der Waals surface area (Å²) in [7, 11) is -5.87. The zero-order chi connectivity index (χ0) is 31.6. The molecule has 2 aliphatic rings. The number of nitrogens with one attached hydrogen (secondary N) is 1. The molecule has 0 atom stereocenters. The minimum atomic E-state index is -4.71. The third-order valence-electron chi connectivity index (χ3n) is 8.25. The molecule has 0 aromatic heterocycles. The number of benzene rings is 2. The van der Waals surface area contributed by atoms with E-state index in [4.69, 9.17) is 4.53 Å².